The van der Waals surface area contributed by atoms with Gasteiger partial charge in [0.25, 0.3) is 0 Å². The van der Waals surface area contributed by atoms with Crippen LogP contribution in [0.2, 0.25) is 0 Å². The molecule has 2 N–H and O–H groups in total. The molecule has 0 aliphatic carbocycles. The van der Waals surface area contributed by atoms with Gasteiger partial charge in [-0.15, -0.1) is 0 Å². The number of hydrogen-bond acceptors (Lipinski definition) is 1. The maximum Gasteiger partial charge on any atom is 0.124 e. The second-order valence-electron chi connectivity index (χ2n) is 4.32. The van der Waals surface area contributed by atoms with Crippen molar-refractivity contribution >= 4 is 15.9 Å². The number of hydrogen-bond donors (Lipinski definition) is 1. The molecule has 0 saturated carbocycles. The Labute approximate surface area is 105 Å². The minimum absolute atomic E-state index is 0.139. The highest BCUT2D eigenvalue weighted by Gasteiger charge is 2.25. The lowest BCUT2D eigenvalue weighted by atomic mass is 9.77. The molecule has 0 atom stereocenters. The van der Waals surface area contributed by atoms with Crippen LogP contribution in [0.4, 0.5) is 4.39 Å². The lowest BCUT2D eigenvalue weighted by molar-refractivity contribution is 0.270. The molecule has 0 heterocycles. The minimum atomic E-state index is -0.207. The van der Waals surface area contributed by atoms with E-state index in [1.807, 2.05) is 6.07 Å². The van der Waals surface area contributed by atoms with Crippen molar-refractivity contribution in [1.29, 1.82) is 0 Å². The average molecular weight is 288 g/mol. The highest BCUT2D eigenvalue weighted by molar-refractivity contribution is 9.10. The summed E-state index contributed by atoms with van der Waals surface area (Å²) in [5, 5.41) is 0. The van der Waals surface area contributed by atoms with Gasteiger partial charge in [0, 0.05) is 4.47 Å². The fourth-order valence-electron chi connectivity index (χ4n) is 1.93. The van der Waals surface area contributed by atoms with Gasteiger partial charge in [-0.05, 0) is 48.9 Å². The van der Waals surface area contributed by atoms with E-state index in [4.69, 9.17) is 5.73 Å². The first-order valence-electron chi connectivity index (χ1n) is 5.71. The fraction of sp³-hybridized carbons (Fsp3) is 0.538. The van der Waals surface area contributed by atoms with Crippen LogP contribution in [0.15, 0.2) is 22.7 Å². The summed E-state index contributed by atoms with van der Waals surface area (Å²) in [5.74, 6) is -0.207. The van der Waals surface area contributed by atoms with Gasteiger partial charge in [-0.25, -0.2) is 4.39 Å². The van der Waals surface area contributed by atoms with Crippen molar-refractivity contribution in [3.8, 4) is 0 Å². The van der Waals surface area contributed by atoms with Crippen molar-refractivity contribution in [2.45, 2.75) is 33.1 Å². The van der Waals surface area contributed by atoms with E-state index >= 15 is 0 Å². The van der Waals surface area contributed by atoms with Crippen molar-refractivity contribution in [1.82, 2.24) is 0 Å². The zero-order valence-corrected chi connectivity index (χ0v) is 11.5. The largest absolute Gasteiger partial charge is 0.330 e. The average Bonchev–Trinajstić information content (AvgIpc) is 2.29. The summed E-state index contributed by atoms with van der Waals surface area (Å²) in [6.07, 6.45) is 2.99. The normalized spacial score (nSPS) is 11.8. The summed E-state index contributed by atoms with van der Waals surface area (Å²) in [4.78, 5) is 0. The first-order chi connectivity index (χ1) is 7.56. The molecule has 1 nitrogen and oxygen atoms in total. The molecule has 3 heteroatoms. The monoisotopic (exact) mass is 287 g/mol. The molecule has 0 fully saturated rings. The van der Waals surface area contributed by atoms with E-state index in [2.05, 4.69) is 29.8 Å². The molecule has 0 radical (unpaired) electrons. The van der Waals surface area contributed by atoms with Gasteiger partial charge in [-0.1, -0.05) is 35.8 Å². The van der Waals surface area contributed by atoms with Crippen molar-refractivity contribution in [2.75, 3.05) is 6.54 Å². The number of nitrogens with two attached hydrogens (primary N) is 1. The van der Waals surface area contributed by atoms with Crippen LogP contribution in [0.25, 0.3) is 0 Å². The first-order valence-corrected chi connectivity index (χ1v) is 6.50. The van der Waals surface area contributed by atoms with Crippen LogP contribution >= 0.6 is 15.9 Å². The molecule has 0 spiro atoms. The molecular formula is C13H19BrFN. The Morgan fingerprint density at radius 2 is 1.94 bits per heavy atom. The lowest BCUT2D eigenvalue weighted by Gasteiger charge is -2.30. The highest BCUT2D eigenvalue weighted by Crippen LogP contribution is 2.32. The molecule has 1 rings (SSSR count). The van der Waals surface area contributed by atoms with Crippen LogP contribution < -0.4 is 5.73 Å². The lowest BCUT2D eigenvalue weighted by Crippen LogP contribution is -2.31. The van der Waals surface area contributed by atoms with E-state index in [0.717, 1.165) is 29.3 Å². The Morgan fingerprint density at radius 3 is 2.38 bits per heavy atom. The highest BCUT2D eigenvalue weighted by atomic mass is 79.9. The van der Waals surface area contributed by atoms with Crippen LogP contribution in [0.1, 0.15) is 32.3 Å². The van der Waals surface area contributed by atoms with E-state index in [0.29, 0.717) is 6.54 Å². The van der Waals surface area contributed by atoms with E-state index in [9.17, 15) is 4.39 Å². The zero-order chi connectivity index (χ0) is 12.2. The third kappa shape index (κ3) is 3.05. The van der Waals surface area contributed by atoms with Crippen LogP contribution in [0.5, 0.6) is 0 Å². The van der Waals surface area contributed by atoms with Gasteiger partial charge in [-0.3, -0.25) is 0 Å². The molecule has 0 aliphatic heterocycles. The quantitative estimate of drug-likeness (QED) is 0.873. The molecule has 0 aliphatic rings. The van der Waals surface area contributed by atoms with Gasteiger partial charge in [-0.2, -0.15) is 0 Å². The first kappa shape index (κ1) is 13.7. The minimum Gasteiger partial charge on any atom is -0.330 e. The standard InChI is InChI=1S/C13H19BrFN/c1-3-13(4-2,9-16)8-10-5-6-11(15)7-12(10)14/h5-7H,3-4,8-9,16H2,1-2H3. The molecule has 1 aromatic carbocycles. The van der Waals surface area contributed by atoms with E-state index in [1.165, 1.54) is 12.1 Å². The summed E-state index contributed by atoms with van der Waals surface area (Å²) in [6.45, 7) is 4.99. The van der Waals surface area contributed by atoms with Gasteiger partial charge < -0.3 is 5.73 Å². The third-order valence-electron chi connectivity index (χ3n) is 3.51. The third-order valence-corrected chi connectivity index (χ3v) is 4.25. The molecular weight excluding hydrogens is 269 g/mol. The molecule has 0 saturated heterocycles. The maximum atomic E-state index is 13.0. The summed E-state index contributed by atoms with van der Waals surface area (Å²) in [7, 11) is 0. The van der Waals surface area contributed by atoms with E-state index in [1.54, 1.807) is 0 Å². The smallest absolute Gasteiger partial charge is 0.124 e. The molecule has 0 amide bonds. The zero-order valence-electron chi connectivity index (χ0n) is 9.89. The van der Waals surface area contributed by atoms with Gasteiger partial charge in [0.1, 0.15) is 5.82 Å². The van der Waals surface area contributed by atoms with Crippen molar-refractivity contribution in [3.63, 3.8) is 0 Å². The molecule has 0 unspecified atom stereocenters. The van der Waals surface area contributed by atoms with E-state index < -0.39 is 0 Å². The summed E-state index contributed by atoms with van der Waals surface area (Å²) in [5.41, 5.74) is 7.14. The topological polar surface area (TPSA) is 26.0 Å². The summed E-state index contributed by atoms with van der Waals surface area (Å²) < 4.78 is 13.8. The molecule has 0 bridgehead atoms. The predicted octanol–water partition coefficient (Wildman–Crippen LogP) is 3.90. The van der Waals surface area contributed by atoms with Crippen LogP contribution in [0.3, 0.4) is 0 Å². The Morgan fingerprint density at radius 1 is 1.31 bits per heavy atom. The molecule has 16 heavy (non-hydrogen) atoms. The molecule has 1 aromatic rings. The molecule has 0 aromatic heterocycles. The SMILES string of the molecule is CCC(CC)(CN)Cc1ccc(F)cc1Br. The van der Waals surface area contributed by atoms with Crippen LogP contribution in [-0.2, 0) is 6.42 Å². The van der Waals surface area contributed by atoms with Gasteiger partial charge in [0.05, 0.1) is 0 Å². The number of benzene rings is 1. The Kier molecular flexibility index (Phi) is 4.93. The Hall–Kier alpha value is -0.410. The summed E-state index contributed by atoms with van der Waals surface area (Å²) in [6, 6.07) is 4.86. The Balaban J connectivity index is 2.93. The summed E-state index contributed by atoms with van der Waals surface area (Å²) >= 11 is 3.41. The predicted molar refractivity (Wildman–Crippen MR) is 69.9 cm³/mol. The van der Waals surface area contributed by atoms with Crippen LogP contribution in [-0.4, -0.2) is 6.54 Å². The second kappa shape index (κ2) is 5.78. The number of rotatable bonds is 5. The molecule has 90 valence electrons. The second-order valence-corrected chi connectivity index (χ2v) is 5.18. The Bertz CT molecular complexity index is 340. The maximum absolute atomic E-state index is 13.0. The van der Waals surface area contributed by atoms with E-state index in [-0.39, 0.29) is 11.2 Å². The van der Waals surface area contributed by atoms with Crippen molar-refractivity contribution in [2.24, 2.45) is 11.1 Å². The van der Waals surface area contributed by atoms with Crippen molar-refractivity contribution < 1.29 is 4.39 Å². The fourth-order valence-corrected chi connectivity index (χ4v) is 2.42. The van der Waals surface area contributed by atoms with Crippen molar-refractivity contribution in [3.05, 3.63) is 34.1 Å². The van der Waals surface area contributed by atoms with Gasteiger partial charge >= 0.3 is 0 Å². The van der Waals surface area contributed by atoms with Gasteiger partial charge in [0.2, 0.25) is 0 Å². The van der Waals surface area contributed by atoms with Gasteiger partial charge in [0.15, 0.2) is 0 Å². The van der Waals surface area contributed by atoms with Crippen LogP contribution in [0, 0.1) is 11.2 Å². The number of halogens is 2.